The number of benzene rings is 2. The number of halogens is 5. The quantitative estimate of drug-likeness (QED) is 0.550. The van der Waals surface area contributed by atoms with Crippen molar-refractivity contribution in [1.29, 1.82) is 0 Å². The standard InChI is InChI=1S/C19H12ClF4N3O2/c20-13-2-1-3-14(16(13)21)27-9-11(8-15(27)28)17-25-18(29-26-17)10-4-6-12(7-5-10)19(22,23)24/h1-7,11H,8-9H2. The van der Waals surface area contributed by atoms with Crippen LogP contribution in [0.25, 0.3) is 11.5 Å². The minimum Gasteiger partial charge on any atom is -0.334 e. The maximum atomic E-state index is 14.2. The van der Waals surface area contributed by atoms with E-state index in [2.05, 4.69) is 10.1 Å². The smallest absolute Gasteiger partial charge is 0.334 e. The molecule has 2 aromatic carbocycles. The molecule has 1 atom stereocenters. The summed E-state index contributed by atoms with van der Waals surface area (Å²) in [6.45, 7) is 0.127. The molecule has 29 heavy (non-hydrogen) atoms. The zero-order valence-electron chi connectivity index (χ0n) is 14.6. The summed E-state index contributed by atoms with van der Waals surface area (Å²) in [7, 11) is 0. The summed E-state index contributed by atoms with van der Waals surface area (Å²) in [4.78, 5) is 17.8. The summed E-state index contributed by atoms with van der Waals surface area (Å²) in [5, 5.41) is 3.75. The summed E-state index contributed by atoms with van der Waals surface area (Å²) in [6, 6.07) is 8.67. The first-order valence-corrected chi connectivity index (χ1v) is 8.87. The molecule has 2 heterocycles. The van der Waals surface area contributed by atoms with Crippen LogP contribution in [0.4, 0.5) is 23.2 Å². The molecular weight excluding hydrogens is 414 g/mol. The van der Waals surface area contributed by atoms with Crippen molar-refractivity contribution in [2.75, 3.05) is 11.4 Å². The minimum atomic E-state index is -4.44. The Hall–Kier alpha value is -2.94. The van der Waals surface area contributed by atoms with Crippen LogP contribution in [0.3, 0.4) is 0 Å². The molecule has 0 spiro atoms. The molecule has 3 aromatic rings. The third-order valence-electron chi connectivity index (χ3n) is 4.61. The molecule has 10 heteroatoms. The highest BCUT2D eigenvalue weighted by Gasteiger charge is 2.36. The van der Waals surface area contributed by atoms with Crippen molar-refractivity contribution < 1.29 is 26.9 Å². The van der Waals surface area contributed by atoms with E-state index >= 15 is 0 Å². The maximum absolute atomic E-state index is 14.2. The second kappa shape index (κ2) is 7.14. The van der Waals surface area contributed by atoms with Crippen LogP contribution in [0.15, 0.2) is 47.0 Å². The van der Waals surface area contributed by atoms with Crippen molar-refractivity contribution in [2.24, 2.45) is 0 Å². The normalized spacial score (nSPS) is 17.2. The third kappa shape index (κ3) is 3.69. The number of anilines is 1. The predicted octanol–water partition coefficient (Wildman–Crippen LogP) is 5.07. The van der Waals surface area contributed by atoms with Crippen LogP contribution in [-0.2, 0) is 11.0 Å². The number of rotatable bonds is 3. The minimum absolute atomic E-state index is 0.0357. The van der Waals surface area contributed by atoms with E-state index in [0.717, 1.165) is 12.1 Å². The highest BCUT2D eigenvalue weighted by atomic mass is 35.5. The highest BCUT2D eigenvalue weighted by molar-refractivity contribution is 6.31. The molecule has 1 fully saturated rings. The first-order valence-electron chi connectivity index (χ1n) is 8.49. The van der Waals surface area contributed by atoms with Gasteiger partial charge in [-0.05, 0) is 36.4 Å². The van der Waals surface area contributed by atoms with Gasteiger partial charge in [0, 0.05) is 24.4 Å². The number of nitrogens with zero attached hydrogens (tertiary/aromatic N) is 3. The fourth-order valence-electron chi connectivity index (χ4n) is 3.13. The lowest BCUT2D eigenvalue weighted by Crippen LogP contribution is -2.25. The van der Waals surface area contributed by atoms with E-state index in [4.69, 9.17) is 16.1 Å². The van der Waals surface area contributed by atoms with E-state index in [-0.39, 0.29) is 41.3 Å². The van der Waals surface area contributed by atoms with Crippen LogP contribution in [-0.4, -0.2) is 22.6 Å². The molecule has 1 saturated heterocycles. The number of hydrogen-bond donors (Lipinski definition) is 0. The highest BCUT2D eigenvalue weighted by Crippen LogP contribution is 2.35. The Morgan fingerprint density at radius 1 is 1.14 bits per heavy atom. The van der Waals surface area contributed by atoms with E-state index in [1.165, 1.54) is 29.2 Å². The molecule has 1 amide bonds. The second-order valence-electron chi connectivity index (χ2n) is 6.51. The van der Waals surface area contributed by atoms with Gasteiger partial charge in [0.15, 0.2) is 11.6 Å². The number of carbonyl (C=O) groups is 1. The average molecular weight is 426 g/mol. The molecule has 1 aliphatic rings. The first-order chi connectivity index (χ1) is 13.7. The van der Waals surface area contributed by atoms with Gasteiger partial charge >= 0.3 is 6.18 Å². The van der Waals surface area contributed by atoms with Crippen LogP contribution in [0.1, 0.15) is 23.7 Å². The van der Waals surface area contributed by atoms with Crippen molar-refractivity contribution in [3.63, 3.8) is 0 Å². The Bertz CT molecular complexity index is 1070. The summed E-state index contributed by atoms with van der Waals surface area (Å²) < 4.78 is 57.4. The molecule has 0 saturated carbocycles. The molecule has 1 aliphatic heterocycles. The van der Waals surface area contributed by atoms with Gasteiger partial charge in [-0.2, -0.15) is 18.2 Å². The van der Waals surface area contributed by atoms with E-state index in [9.17, 15) is 22.4 Å². The topological polar surface area (TPSA) is 59.2 Å². The molecule has 1 aromatic heterocycles. The Labute approximate surface area is 166 Å². The van der Waals surface area contributed by atoms with E-state index < -0.39 is 23.5 Å². The first kappa shape index (κ1) is 19.4. The maximum Gasteiger partial charge on any atom is 0.416 e. The average Bonchev–Trinajstić information content (AvgIpc) is 3.30. The van der Waals surface area contributed by atoms with Gasteiger partial charge in [-0.3, -0.25) is 4.79 Å². The zero-order chi connectivity index (χ0) is 20.8. The molecule has 1 unspecified atom stereocenters. The van der Waals surface area contributed by atoms with Crippen molar-refractivity contribution in [2.45, 2.75) is 18.5 Å². The Kier molecular flexibility index (Phi) is 4.77. The van der Waals surface area contributed by atoms with Crippen LogP contribution in [0, 0.1) is 5.82 Å². The van der Waals surface area contributed by atoms with Gasteiger partial charge in [0.1, 0.15) is 0 Å². The number of alkyl halides is 3. The van der Waals surface area contributed by atoms with Crippen LogP contribution in [0.5, 0.6) is 0 Å². The van der Waals surface area contributed by atoms with Crippen LogP contribution in [0.2, 0.25) is 5.02 Å². The molecule has 0 bridgehead atoms. The predicted molar refractivity (Wildman–Crippen MR) is 95.9 cm³/mol. The summed E-state index contributed by atoms with van der Waals surface area (Å²) >= 11 is 5.78. The largest absolute Gasteiger partial charge is 0.416 e. The summed E-state index contributed by atoms with van der Waals surface area (Å²) in [5.41, 5.74) is -0.406. The van der Waals surface area contributed by atoms with Gasteiger partial charge in [-0.15, -0.1) is 0 Å². The van der Waals surface area contributed by atoms with Crippen molar-refractivity contribution in [3.05, 3.63) is 64.7 Å². The van der Waals surface area contributed by atoms with Crippen LogP contribution < -0.4 is 4.90 Å². The number of aromatic nitrogens is 2. The lowest BCUT2D eigenvalue weighted by atomic mass is 10.1. The van der Waals surface area contributed by atoms with E-state index in [1.807, 2.05) is 0 Å². The molecule has 5 nitrogen and oxygen atoms in total. The van der Waals surface area contributed by atoms with Gasteiger partial charge in [0.2, 0.25) is 5.91 Å². The molecular formula is C19H12ClF4N3O2. The Balaban J connectivity index is 1.54. The Morgan fingerprint density at radius 2 is 1.86 bits per heavy atom. The lowest BCUT2D eigenvalue weighted by Gasteiger charge is -2.17. The van der Waals surface area contributed by atoms with Gasteiger partial charge in [0.05, 0.1) is 16.3 Å². The number of carbonyl (C=O) groups excluding carboxylic acids is 1. The van der Waals surface area contributed by atoms with Crippen LogP contribution >= 0.6 is 11.6 Å². The second-order valence-corrected chi connectivity index (χ2v) is 6.92. The Morgan fingerprint density at radius 3 is 2.55 bits per heavy atom. The van der Waals surface area contributed by atoms with Crippen molar-refractivity contribution in [3.8, 4) is 11.5 Å². The van der Waals surface area contributed by atoms with Crippen molar-refractivity contribution >= 4 is 23.2 Å². The molecule has 0 N–H and O–H groups in total. The van der Waals surface area contributed by atoms with E-state index in [1.54, 1.807) is 6.07 Å². The molecule has 4 rings (SSSR count). The third-order valence-corrected chi connectivity index (χ3v) is 4.91. The van der Waals surface area contributed by atoms with E-state index in [0.29, 0.717) is 5.56 Å². The fourth-order valence-corrected chi connectivity index (χ4v) is 3.30. The van der Waals surface area contributed by atoms with Gasteiger partial charge in [0.25, 0.3) is 5.89 Å². The molecule has 150 valence electrons. The summed E-state index contributed by atoms with van der Waals surface area (Å²) in [5.74, 6) is -1.21. The zero-order valence-corrected chi connectivity index (χ0v) is 15.3. The molecule has 0 radical (unpaired) electrons. The number of hydrogen-bond acceptors (Lipinski definition) is 4. The lowest BCUT2D eigenvalue weighted by molar-refractivity contribution is -0.137. The monoisotopic (exact) mass is 425 g/mol. The fraction of sp³-hybridized carbons (Fsp3) is 0.211. The number of amides is 1. The van der Waals surface area contributed by atoms with Gasteiger partial charge in [-0.25, -0.2) is 4.39 Å². The summed E-state index contributed by atoms with van der Waals surface area (Å²) in [6.07, 6.45) is -4.40. The van der Waals surface area contributed by atoms with Crippen molar-refractivity contribution in [1.82, 2.24) is 10.1 Å². The van der Waals surface area contributed by atoms with Gasteiger partial charge < -0.3 is 9.42 Å². The molecule has 0 aliphatic carbocycles. The van der Waals surface area contributed by atoms with Gasteiger partial charge in [-0.1, -0.05) is 22.8 Å². The SMILES string of the molecule is O=C1CC(c2noc(-c3ccc(C(F)(F)F)cc3)n2)CN1c1cccc(Cl)c1F.